The maximum absolute atomic E-state index is 13.1. The van der Waals surface area contributed by atoms with Crippen molar-refractivity contribution in [1.82, 2.24) is 0 Å². The summed E-state index contributed by atoms with van der Waals surface area (Å²) in [6.07, 6.45) is 54.1. The van der Waals surface area contributed by atoms with E-state index in [1.54, 1.807) is 0 Å². The first kappa shape index (κ1) is 92.1. The topological polar surface area (TPSA) is 237 Å². The van der Waals surface area contributed by atoms with E-state index in [0.717, 1.165) is 102 Å². The molecule has 0 aliphatic carbocycles. The molecule has 0 spiro atoms. The number of rotatable bonds is 74. The summed E-state index contributed by atoms with van der Waals surface area (Å²) >= 11 is 0. The zero-order valence-electron chi connectivity index (χ0n) is 61.3. The first-order valence-electron chi connectivity index (χ1n) is 39.0. The number of hydrogen-bond donors (Lipinski definition) is 3. The zero-order valence-corrected chi connectivity index (χ0v) is 63.1. The Balaban J connectivity index is 5.23. The monoisotopic (exact) mass is 1380 g/mol. The number of aliphatic hydroxyl groups excluding tert-OH is 1. The molecule has 0 aliphatic heterocycles. The second-order valence-corrected chi connectivity index (χ2v) is 30.7. The molecule has 0 heterocycles. The Labute approximate surface area is 575 Å². The number of carbonyl (C=O) groups excluding carboxylic acids is 4. The van der Waals surface area contributed by atoms with Crippen LogP contribution in [-0.4, -0.2) is 96.7 Å². The van der Waals surface area contributed by atoms with Crippen LogP contribution in [0.25, 0.3) is 0 Å². The van der Waals surface area contributed by atoms with Gasteiger partial charge in [0.05, 0.1) is 26.4 Å². The summed E-state index contributed by atoms with van der Waals surface area (Å²) in [4.78, 5) is 72.7. The van der Waals surface area contributed by atoms with Gasteiger partial charge in [0.15, 0.2) is 12.2 Å². The number of hydrogen-bond acceptors (Lipinski definition) is 15. The molecule has 17 nitrogen and oxygen atoms in total. The zero-order chi connectivity index (χ0) is 69.3. The lowest BCUT2D eigenvalue weighted by atomic mass is 9.99. The van der Waals surface area contributed by atoms with Gasteiger partial charge >= 0.3 is 39.5 Å². The first-order chi connectivity index (χ1) is 45.4. The molecule has 19 heteroatoms. The molecule has 0 amide bonds. The summed E-state index contributed by atoms with van der Waals surface area (Å²) in [7, 11) is -9.91. The summed E-state index contributed by atoms with van der Waals surface area (Å²) in [5.41, 5.74) is 0. The van der Waals surface area contributed by atoms with Gasteiger partial charge in [0.1, 0.15) is 19.3 Å². The largest absolute Gasteiger partial charge is 0.472 e. The van der Waals surface area contributed by atoms with E-state index in [-0.39, 0.29) is 25.7 Å². The van der Waals surface area contributed by atoms with Crippen molar-refractivity contribution in [2.45, 2.75) is 407 Å². The molecule has 0 aromatic heterocycles. The number of aliphatic hydroxyl groups is 1. The third-order valence-electron chi connectivity index (χ3n) is 17.8. The molecule has 0 saturated carbocycles. The van der Waals surface area contributed by atoms with Crippen LogP contribution in [0, 0.1) is 11.8 Å². The molecule has 0 bridgehead atoms. The number of phosphoric acid groups is 2. The minimum atomic E-state index is -4.96. The maximum atomic E-state index is 13.1. The number of esters is 4. The van der Waals surface area contributed by atoms with Crippen LogP contribution in [0.3, 0.4) is 0 Å². The lowest BCUT2D eigenvalue weighted by Gasteiger charge is -2.21. The van der Waals surface area contributed by atoms with Crippen LogP contribution in [-0.2, 0) is 65.4 Å². The van der Waals surface area contributed by atoms with Crippen molar-refractivity contribution < 1.29 is 80.2 Å². The fraction of sp³-hybridized carbons (Fsp3) is 0.947. The molecule has 0 aliphatic rings. The Hall–Kier alpha value is -1.94. The summed E-state index contributed by atoms with van der Waals surface area (Å²) < 4.78 is 68.5. The van der Waals surface area contributed by atoms with Crippen molar-refractivity contribution >= 4 is 39.5 Å². The second kappa shape index (κ2) is 66.9. The molecule has 6 atom stereocenters. The predicted octanol–water partition coefficient (Wildman–Crippen LogP) is 21.9. The average Bonchev–Trinajstić information content (AvgIpc) is 1.45. The number of phosphoric ester groups is 2. The molecular weight excluding hydrogens is 1230 g/mol. The lowest BCUT2D eigenvalue weighted by molar-refractivity contribution is -0.161. The molecule has 0 aromatic rings. The third-order valence-corrected chi connectivity index (χ3v) is 19.7. The molecule has 0 aromatic carbocycles. The summed E-state index contributed by atoms with van der Waals surface area (Å²) in [5, 5.41) is 10.6. The molecule has 94 heavy (non-hydrogen) atoms. The smallest absolute Gasteiger partial charge is 0.462 e. The van der Waals surface area contributed by atoms with Crippen LogP contribution in [0.5, 0.6) is 0 Å². The van der Waals surface area contributed by atoms with Crippen molar-refractivity contribution in [3.8, 4) is 0 Å². The van der Waals surface area contributed by atoms with Gasteiger partial charge < -0.3 is 33.8 Å². The van der Waals surface area contributed by atoms with Gasteiger partial charge in [0.25, 0.3) is 0 Å². The van der Waals surface area contributed by atoms with Crippen molar-refractivity contribution in [2.24, 2.45) is 11.8 Å². The van der Waals surface area contributed by atoms with Gasteiger partial charge in [-0.1, -0.05) is 337 Å². The van der Waals surface area contributed by atoms with E-state index in [2.05, 4.69) is 41.5 Å². The quantitative estimate of drug-likeness (QED) is 0.0222. The Kier molecular flexibility index (Phi) is 65.5. The molecular formula is C75H146O17P2. The second-order valence-electron chi connectivity index (χ2n) is 27.8. The van der Waals surface area contributed by atoms with E-state index in [0.29, 0.717) is 25.7 Å². The van der Waals surface area contributed by atoms with Crippen molar-refractivity contribution in [2.75, 3.05) is 39.6 Å². The van der Waals surface area contributed by atoms with Gasteiger partial charge in [-0.05, 0) is 37.5 Å². The van der Waals surface area contributed by atoms with Gasteiger partial charge in [-0.25, -0.2) is 9.13 Å². The van der Waals surface area contributed by atoms with E-state index in [9.17, 15) is 43.2 Å². The predicted molar refractivity (Wildman–Crippen MR) is 381 cm³/mol. The fourth-order valence-electron chi connectivity index (χ4n) is 11.4. The summed E-state index contributed by atoms with van der Waals surface area (Å²) in [6, 6.07) is 0. The molecule has 0 rings (SSSR count). The average molecular weight is 1380 g/mol. The molecule has 0 fully saturated rings. The maximum Gasteiger partial charge on any atom is 0.472 e. The SMILES string of the molecule is CCCCCCCCCCCCCCCCCCCCCC(=O)O[C@H](COC(=O)CCCCCCCCCCCCC(C)CC)COP(=O)(O)OC[C@@H](O)COP(=O)(O)OC[C@@H](COC(=O)CCCCCCCCCCCC)OC(=O)CCCCCCCCCCC(C)C. The summed E-state index contributed by atoms with van der Waals surface area (Å²) in [5.74, 6) is -0.591. The van der Waals surface area contributed by atoms with Gasteiger partial charge in [-0.15, -0.1) is 0 Å². The third kappa shape index (κ3) is 67.3. The van der Waals surface area contributed by atoms with Crippen LogP contribution in [0.15, 0.2) is 0 Å². The van der Waals surface area contributed by atoms with Gasteiger partial charge in [-0.2, -0.15) is 0 Å². The highest BCUT2D eigenvalue weighted by Gasteiger charge is 2.30. The van der Waals surface area contributed by atoms with Crippen molar-refractivity contribution in [1.29, 1.82) is 0 Å². The lowest BCUT2D eigenvalue weighted by Crippen LogP contribution is -2.30. The highest BCUT2D eigenvalue weighted by Crippen LogP contribution is 2.45. The Morgan fingerprint density at radius 2 is 0.543 bits per heavy atom. The minimum absolute atomic E-state index is 0.105. The number of ether oxygens (including phenoxy) is 4. The first-order valence-corrected chi connectivity index (χ1v) is 42.0. The Bertz CT molecular complexity index is 1820. The Morgan fingerprint density at radius 3 is 0.809 bits per heavy atom. The van der Waals surface area contributed by atoms with Gasteiger partial charge in [-0.3, -0.25) is 37.3 Å². The molecule has 3 unspecified atom stereocenters. The van der Waals surface area contributed by atoms with Crippen LogP contribution in [0.2, 0.25) is 0 Å². The van der Waals surface area contributed by atoms with E-state index >= 15 is 0 Å². The summed E-state index contributed by atoms with van der Waals surface area (Å²) in [6.45, 7) is 9.57. The van der Waals surface area contributed by atoms with E-state index < -0.39 is 97.5 Å². The minimum Gasteiger partial charge on any atom is -0.462 e. The Morgan fingerprint density at radius 1 is 0.309 bits per heavy atom. The van der Waals surface area contributed by atoms with Crippen LogP contribution >= 0.6 is 15.6 Å². The highest BCUT2D eigenvalue weighted by molar-refractivity contribution is 7.47. The normalized spacial score (nSPS) is 14.3. The van der Waals surface area contributed by atoms with Crippen LogP contribution in [0.1, 0.15) is 388 Å². The van der Waals surface area contributed by atoms with Crippen LogP contribution < -0.4 is 0 Å². The van der Waals surface area contributed by atoms with Crippen molar-refractivity contribution in [3.05, 3.63) is 0 Å². The number of carbonyl (C=O) groups is 4. The van der Waals surface area contributed by atoms with Crippen LogP contribution in [0.4, 0.5) is 0 Å². The highest BCUT2D eigenvalue weighted by atomic mass is 31.2. The molecule has 558 valence electrons. The molecule has 0 saturated heterocycles. The van der Waals surface area contributed by atoms with Gasteiger partial charge in [0, 0.05) is 25.7 Å². The fourth-order valence-corrected chi connectivity index (χ4v) is 13.0. The van der Waals surface area contributed by atoms with E-state index in [4.69, 9.17) is 37.0 Å². The molecule has 0 radical (unpaired) electrons. The number of unbranched alkanes of at least 4 members (excludes halogenated alkanes) is 43. The molecule has 3 N–H and O–H groups in total. The van der Waals surface area contributed by atoms with E-state index in [1.165, 1.54) is 205 Å². The van der Waals surface area contributed by atoms with Gasteiger partial charge in [0.2, 0.25) is 0 Å². The van der Waals surface area contributed by atoms with Crippen molar-refractivity contribution in [3.63, 3.8) is 0 Å². The standard InChI is InChI=1S/C75H146O17P2/c1-7-10-12-14-16-18-20-21-22-23-24-25-26-27-28-34-41-47-53-59-74(79)91-70(63-86-73(78)58-52-46-40-33-30-29-31-38-44-50-56-68(6)9-3)65-89-93(81,82)87-61-69(76)62-88-94(83,84)90-66-71(64-85-72(77)57-51-45-39-32-19-17-15-13-11-8-2)92-75(80)60-54-48-42-36-35-37-43-49-55-67(4)5/h67-71,76H,7-66H2,1-6H3,(H,81,82)(H,83,84)/t68?,69-,70-,71-/m1/s1. The van der Waals surface area contributed by atoms with E-state index in [1.807, 2.05) is 0 Å².